The Hall–Kier alpha value is -1.05. The van der Waals surface area contributed by atoms with Crippen LogP contribution in [0.25, 0.3) is 0 Å². The van der Waals surface area contributed by atoms with E-state index in [0.29, 0.717) is 11.3 Å². The van der Waals surface area contributed by atoms with Crippen LogP contribution in [0.2, 0.25) is 0 Å². The molecule has 0 aliphatic heterocycles. The van der Waals surface area contributed by atoms with Crippen molar-refractivity contribution in [1.29, 1.82) is 5.26 Å². The molecule has 0 amide bonds. The molecule has 1 rings (SSSR count). The van der Waals surface area contributed by atoms with Gasteiger partial charge in [0.15, 0.2) is 0 Å². The zero-order valence-electron chi connectivity index (χ0n) is 7.70. The van der Waals surface area contributed by atoms with Crippen LogP contribution in [0.1, 0.15) is 18.1 Å². The Kier molecular flexibility index (Phi) is 3.93. The standard InChI is InChI=1S/C10H10BrNO2/c1-14-10-7(9(13)5-6-12)3-2-4-8(10)11/h2-4,9,13H,5H2,1H3. The molecule has 0 saturated carbocycles. The minimum Gasteiger partial charge on any atom is -0.495 e. The maximum atomic E-state index is 9.63. The number of aliphatic hydroxyl groups is 1. The highest BCUT2D eigenvalue weighted by Crippen LogP contribution is 2.33. The quantitative estimate of drug-likeness (QED) is 0.903. The fourth-order valence-corrected chi connectivity index (χ4v) is 1.74. The number of rotatable bonds is 3. The monoisotopic (exact) mass is 255 g/mol. The summed E-state index contributed by atoms with van der Waals surface area (Å²) in [4.78, 5) is 0. The molecule has 4 heteroatoms. The molecule has 0 aliphatic carbocycles. The molecule has 1 aromatic rings. The molecule has 0 spiro atoms. The number of aliphatic hydroxyl groups excluding tert-OH is 1. The smallest absolute Gasteiger partial charge is 0.138 e. The predicted octanol–water partition coefficient (Wildman–Crippen LogP) is 2.40. The third-order valence-electron chi connectivity index (χ3n) is 1.85. The van der Waals surface area contributed by atoms with Crippen LogP contribution in [0.4, 0.5) is 0 Å². The zero-order chi connectivity index (χ0) is 10.6. The maximum Gasteiger partial charge on any atom is 0.138 e. The molecule has 0 radical (unpaired) electrons. The molecule has 0 saturated heterocycles. The van der Waals surface area contributed by atoms with Crippen molar-refractivity contribution >= 4 is 15.9 Å². The Balaban J connectivity index is 3.08. The van der Waals surface area contributed by atoms with Gasteiger partial charge in [0.25, 0.3) is 0 Å². The second-order valence-corrected chi connectivity index (χ2v) is 3.59. The minimum atomic E-state index is -0.799. The summed E-state index contributed by atoms with van der Waals surface area (Å²) in [5.41, 5.74) is 0.628. The molecular weight excluding hydrogens is 246 g/mol. The largest absolute Gasteiger partial charge is 0.495 e. The average Bonchev–Trinajstić information content (AvgIpc) is 2.17. The normalized spacial score (nSPS) is 11.9. The first-order valence-corrected chi connectivity index (χ1v) is 4.87. The summed E-state index contributed by atoms with van der Waals surface area (Å²) in [6, 6.07) is 7.27. The van der Waals surface area contributed by atoms with Crippen molar-refractivity contribution in [1.82, 2.24) is 0 Å². The van der Waals surface area contributed by atoms with Crippen LogP contribution in [0.3, 0.4) is 0 Å². The van der Waals surface area contributed by atoms with Crippen LogP contribution >= 0.6 is 15.9 Å². The summed E-state index contributed by atoms with van der Waals surface area (Å²) in [6.07, 6.45) is -0.736. The van der Waals surface area contributed by atoms with Crippen molar-refractivity contribution in [2.75, 3.05) is 7.11 Å². The second kappa shape index (κ2) is 4.99. The predicted molar refractivity (Wildman–Crippen MR) is 55.9 cm³/mol. The number of nitriles is 1. The Morgan fingerprint density at radius 1 is 1.64 bits per heavy atom. The lowest BCUT2D eigenvalue weighted by atomic mass is 10.1. The summed E-state index contributed by atoms with van der Waals surface area (Å²) < 4.78 is 5.90. The highest BCUT2D eigenvalue weighted by Gasteiger charge is 2.14. The summed E-state index contributed by atoms with van der Waals surface area (Å²) in [5.74, 6) is 0.579. The summed E-state index contributed by atoms with van der Waals surface area (Å²) in [5, 5.41) is 18.1. The average molecular weight is 256 g/mol. The van der Waals surface area contributed by atoms with E-state index in [9.17, 15) is 5.11 Å². The van der Waals surface area contributed by atoms with Gasteiger partial charge in [-0.15, -0.1) is 0 Å². The third kappa shape index (κ3) is 2.25. The second-order valence-electron chi connectivity index (χ2n) is 2.74. The topological polar surface area (TPSA) is 53.2 Å². The number of ether oxygens (including phenoxy) is 1. The highest BCUT2D eigenvalue weighted by molar-refractivity contribution is 9.10. The van der Waals surface area contributed by atoms with Gasteiger partial charge in [0, 0.05) is 5.56 Å². The molecule has 3 nitrogen and oxygen atoms in total. The van der Waals surface area contributed by atoms with Gasteiger partial charge in [-0.2, -0.15) is 5.26 Å². The van der Waals surface area contributed by atoms with Crippen LogP contribution in [0.5, 0.6) is 5.75 Å². The van der Waals surface area contributed by atoms with E-state index in [1.807, 2.05) is 12.1 Å². The van der Waals surface area contributed by atoms with E-state index in [-0.39, 0.29) is 6.42 Å². The molecule has 0 aliphatic rings. The SMILES string of the molecule is COc1c(Br)cccc1C(O)CC#N. The molecule has 1 atom stereocenters. The number of para-hydroxylation sites is 1. The molecule has 0 bridgehead atoms. The summed E-state index contributed by atoms with van der Waals surface area (Å²) >= 11 is 3.31. The van der Waals surface area contributed by atoms with Gasteiger partial charge < -0.3 is 9.84 Å². The molecule has 1 aromatic carbocycles. The molecule has 0 heterocycles. The van der Waals surface area contributed by atoms with Gasteiger partial charge in [-0.1, -0.05) is 12.1 Å². The van der Waals surface area contributed by atoms with Crippen LogP contribution in [-0.4, -0.2) is 12.2 Å². The van der Waals surface area contributed by atoms with E-state index in [4.69, 9.17) is 10.00 Å². The van der Waals surface area contributed by atoms with Crippen LogP contribution in [-0.2, 0) is 0 Å². The zero-order valence-corrected chi connectivity index (χ0v) is 9.28. The van der Waals surface area contributed by atoms with Crippen LogP contribution < -0.4 is 4.74 Å². The van der Waals surface area contributed by atoms with E-state index in [1.54, 1.807) is 12.1 Å². The molecule has 1 N–H and O–H groups in total. The molecule has 74 valence electrons. The lowest BCUT2D eigenvalue weighted by Gasteiger charge is -2.13. The Morgan fingerprint density at radius 2 is 2.36 bits per heavy atom. The van der Waals surface area contributed by atoms with Crippen molar-refractivity contribution in [2.24, 2.45) is 0 Å². The lowest BCUT2D eigenvalue weighted by molar-refractivity contribution is 0.178. The maximum absolute atomic E-state index is 9.63. The summed E-state index contributed by atoms with van der Waals surface area (Å²) in [6.45, 7) is 0. The Morgan fingerprint density at radius 3 is 2.93 bits per heavy atom. The van der Waals surface area contributed by atoms with Gasteiger partial charge in [-0.05, 0) is 22.0 Å². The van der Waals surface area contributed by atoms with Gasteiger partial charge in [-0.25, -0.2) is 0 Å². The van der Waals surface area contributed by atoms with Crippen LogP contribution in [0.15, 0.2) is 22.7 Å². The van der Waals surface area contributed by atoms with Crippen molar-refractivity contribution in [3.63, 3.8) is 0 Å². The first kappa shape index (κ1) is 11.0. The molecule has 14 heavy (non-hydrogen) atoms. The van der Waals surface area contributed by atoms with E-state index in [0.717, 1.165) is 4.47 Å². The van der Waals surface area contributed by atoms with Crippen LogP contribution in [0, 0.1) is 11.3 Å². The van der Waals surface area contributed by atoms with Crippen molar-refractivity contribution in [3.05, 3.63) is 28.2 Å². The number of methoxy groups -OCH3 is 1. The van der Waals surface area contributed by atoms with E-state index in [1.165, 1.54) is 7.11 Å². The first-order valence-electron chi connectivity index (χ1n) is 4.08. The highest BCUT2D eigenvalue weighted by atomic mass is 79.9. The van der Waals surface area contributed by atoms with Gasteiger partial charge >= 0.3 is 0 Å². The number of halogens is 1. The van der Waals surface area contributed by atoms with Gasteiger partial charge in [0.05, 0.1) is 30.2 Å². The number of hydrogen-bond donors (Lipinski definition) is 1. The Bertz CT molecular complexity index is 360. The molecule has 0 fully saturated rings. The minimum absolute atomic E-state index is 0.0623. The fourth-order valence-electron chi connectivity index (χ4n) is 1.20. The van der Waals surface area contributed by atoms with E-state index < -0.39 is 6.10 Å². The first-order chi connectivity index (χ1) is 6.70. The number of nitrogens with zero attached hydrogens (tertiary/aromatic N) is 1. The van der Waals surface area contributed by atoms with E-state index >= 15 is 0 Å². The molecule has 0 aromatic heterocycles. The van der Waals surface area contributed by atoms with Crippen molar-refractivity contribution in [3.8, 4) is 11.8 Å². The fraction of sp³-hybridized carbons (Fsp3) is 0.300. The van der Waals surface area contributed by atoms with Crippen molar-refractivity contribution in [2.45, 2.75) is 12.5 Å². The van der Waals surface area contributed by atoms with E-state index in [2.05, 4.69) is 15.9 Å². The lowest BCUT2D eigenvalue weighted by Crippen LogP contribution is -2.00. The molecular formula is C10H10BrNO2. The van der Waals surface area contributed by atoms with Gasteiger partial charge in [0.1, 0.15) is 5.75 Å². The van der Waals surface area contributed by atoms with Crippen molar-refractivity contribution < 1.29 is 9.84 Å². The molecule has 1 unspecified atom stereocenters. The van der Waals surface area contributed by atoms with Gasteiger partial charge in [0.2, 0.25) is 0 Å². The number of benzene rings is 1. The van der Waals surface area contributed by atoms with Gasteiger partial charge in [-0.3, -0.25) is 0 Å². The summed E-state index contributed by atoms with van der Waals surface area (Å²) in [7, 11) is 1.53. The Labute approximate surface area is 91.1 Å². The number of hydrogen-bond acceptors (Lipinski definition) is 3. The third-order valence-corrected chi connectivity index (χ3v) is 2.47.